The minimum absolute atomic E-state index is 0.133. The van der Waals surface area contributed by atoms with Crippen molar-refractivity contribution in [2.75, 3.05) is 31.5 Å². The number of anilines is 2. The van der Waals surface area contributed by atoms with Crippen molar-refractivity contribution in [2.24, 2.45) is 0 Å². The third-order valence-corrected chi connectivity index (χ3v) is 4.88. The maximum absolute atomic E-state index is 12.4. The molecule has 3 aromatic carbocycles. The molecule has 1 amide bonds. The van der Waals surface area contributed by atoms with Gasteiger partial charge in [-0.25, -0.2) is 4.79 Å². The molecular weight excluding hydrogens is 424 g/mol. The third-order valence-electron chi connectivity index (χ3n) is 4.88. The largest absolute Gasteiger partial charge is 0.495 e. The first-order valence-corrected chi connectivity index (χ1v) is 10.2. The number of rotatable bonds is 10. The van der Waals surface area contributed by atoms with Crippen LogP contribution < -0.4 is 24.8 Å². The first-order valence-electron chi connectivity index (χ1n) is 10.2. The van der Waals surface area contributed by atoms with Gasteiger partial charge < -0.3 is 30.0 Å². The molecule has 8 heteroatoms. The molecule has 33 heavy (non-hydrogen) atoms. The molecule has 0 unspecified atom stereocenters. The van der Waals surface area contributed by atoms with E-state index in [0.717, 1.165) is 11.1 Å². The van der Waals surface area contributed by atoms with E-state index in [9.17, 15) is 14.7 Å². The van der Waals surface area contributed by atoms with E-state index in [2.05, 4.69) is 10.6 Å². The van der Waals surface area contributed by atoms with E-state index in [4.69, 9.17) is 14.2 Å². The van der Waals surface area contributed by atoms with Gasteiger partial charge in [0.1, 0.15) is 5.75 Å². The molecule has 3 N–H and O–H groups in total. The molecule has 0 spiro atoms. The number of aromatic carboxylic acids is 1. The van der Waals surface area contributed by atoms with Crippen LogP contribution in [0.3, 0.4) is 0 Å². The lowest BCUT2D eigenvalue weighted by atomic mass is 10.1. The molecule has 0 saturated heterocycles. The number of hydrogen-bond acceptors (Lipinski definition) is 6. The predicted octanol–water partition coefficient (Wildman–Crippen LogP) is 4.34. The molecule has 0 aliphatic heterocycles. The Bertz CT molecular complexity index is 1130. The van der Waals surface area contributed by atoms with Gasteiger partial charge in [-0.1, -0.05) is 29.8 Å². The molecule has 0 aliphatic rings. The van der Waals surface area contributed by atoms with E-state index in [1.54, 1.807) is 18.2 Å². The van der Waals surface area contributed by atoms with Crippen molar-refractivity contribution in [3.8, 4) is 17.2 Å². The molecule has 0 saturated carbocycles. The zero-order chi connectivity index (χ0) is 23.8. The number of methoxy groups -OCH3 is 2. The Labute approximate surface area is 192 Å². The maximum Gasteiger partial charge on any atom is 0.335 e. The fourth-order valence-corrected chi connectivity index (χ4v) is 3.17. The van der Waals surface area contributed by atoms with Gasteiger partial charge in [-0.3, -0.25) is 4.79 Å². The van der Waals surface area contributed by atoms with Crippen LogP contribution in [0.25, 0.3) is 0 Å². The smallest absolute Gasteiger partial charge is 0.335 e. The topological polar surface area (TPSA) is 106 Å². The van der Waals surface area contributed by atoms with E-state index >= 15 is 0 Å². The van der Waals surface area contributed by atoms with Crippen LogP contribution in [0.2, 0.25) is 0 Å². The molecule has 8 nitrogen and oxygen atoms in total. The second-order valence-corrected chi connectivity index (χ2v) is 7.23. The highest BCUT2D eigenvalue weighted by Gasteiger charge is 2.15. The monoisotopic (exact) mass is 450 g/mol. The second kappa shape index (κ2) is 10.9. The molecule has 0 atom stereocenters. The number of aryl methyl sites for hydroxylation is 1. The van der Waals surface area contributed by atoms with Crippen LogP contribution >= 0.6 is 0 Å². The van der Waals surface area contributed by atoms with Gasteiger partial charge in [0.05, 0.1) is 25.5 Å². The second-order valence-electron chi connectivity index (χ2n) is 7.23. The summed E-state index contributed by atoms with van der Waals surface area (Å²) in [6, 6.07) is 17.4. The molecule has 3 rings (SSSR count). The number of carbonyl (C=O) groups excluding carboxylic acids is 1. The minimum atomic E-state index is -1.04. The molecule has 0 fully saturated rings. The van der Waals surface area contributed by atoms with E-state index in [-0.39, 0.29) is 24.6 Å². The summed E-state index contributed by atoms with van der Waals surface area (Å²) in [5.41, 5.74) is 3.15. The highest BCUT2D eigenvalue weighted by Crippen LogP contribution is 2.33. The summed E-state index contributed by atoms with van der Waals surface area (Å²) in [5.74, 6) is 0.0524. The molecular formula is C25H26N2O6. The third kappa shape index (κ3) is 6.16. The Kier molecular flexibility index (Phi) is 7.75. The van der Waals surface area contributed by atoms with Crippen LogP contribution in [0.1, 0.15) is 21.5 Å². The summed E-state index contributed by atoms with van der Waals surface area (Å²) in [7, 11) is 3.03. The number of nitrogens with one attached hydrogen (secondary N) is 2. The fraction of sp³-hybridized carbons (Fsp3) is 0.200. The van der Waals surface area contributed by atoms with Gasteiger partial charge in [0.15, 0.2) is 18.1 Å². The van der Waals surface area contributed by atoms with Gasteiger partial charge in [-0.15, -0.1) is 0 Å². The van der Waals surface area contributed by atoms with Gasteiger partial charge in [-0.2, -0.15) is 0 Å². The lowest BCUT2D eigenvalue weighted by molar-refractivity contribution is -0.118. The Hall–Kier alpha value is -4.20. The van der Waals surface area contributed by atoms with Gasteiger partial charge in [0.2, 0.25) is 0 Å². The summed E-state index contributed by atoms with van der Waals surface area (Å²) >= 11 is 0. The highest BCUT2D eigenvalue weighted by molar-refractivity contribution is 5.92. The van der Waals surface area contributed by atoms with Gasteiger partial charge in [0, 0.05) is 17.8 Å². The van der Waals surface area contributed by atoms with E-state index < -0.39 is 5.97 Å². The number of carboxylic acid groups (broad SMARTS) is 1. The summed E-state index contributed by atoms with van der Waals surface area (Å²) in [6.45, 7) is 2.05. The van der Waals surface area contributed by atoms with Gasteiger partial charge in [0.25, 0.3) is 5.91 Å². The summed E-state index contributed by atoms with van der Waals surface area (Å²) in [6.07, 6.45) is 0. The van der Waals surface area contributed by atoms with Crippen molar-refractivity contribution >= 4 is 23.3 Å². The molecule has 0 radical (unpaired) electrons. The zero-order valence-electron chi connectivity index (χ0n) is 18.7. The highest BCUT2D eigenvalue weighted by atomic mass is 16.5. The van der Waals surface area contributed by atoms with E-state index in [0.29, 0.717) is 28.6 Å². The SMILES string of the molecule is COc1ccc(C(=O)O)cc1NCc1cccc(OC)c1OCC(=O)Nc1ccc(C)cc1. The van der Waals surface area contributed by atoms with Crippen molar-refractivity contribution in [3.63, 3.8) is 0 Å². The Morgan fingerprint density at radius 1 is 0.939 bits per heavy atom. The predicted molar refractivity (Wildman–Crippen MR) is 126 cm³/mol. The molecule has 3 aromatic rings. The summed E-state index contributed by atoms with van der Waals surface area (Å²) in [4.78, 5) is 23.7. The zero-order valence-corrected chi connectivity index (χ0v) is 18.7. The number of para-hydroxylation sites is 1. The summed E-state index contributed by atoms with van der Waals surface area (Å²) < 4.78 is 16.6. The van der Waals surface area contributed by atoms with Crippen molar-refractivity contribution in [2.45, 2.75) is 13.5 Å². The molecule has 0 heterocycles. The van der Waals surface area contributed by atoms with Crippen LogP contribution in [-0.4, -0.2) is 37.8 Å². The first-order chi connectivity index (χ1) is 15.9. The van der Waals surface area contributed by atoms with Crippen LogP contribution in [-0.2, 0) is 11.3 Å². The van der Waals surface area contributed by atoms with Crippen LogP contribution in [0, 0.1) is 6.92 Å². The van der Waals surface area contributed by atoms with Crippen molar-refractivity contribution < 1.29 is 28.9 Å². The molecule has 0 aromatic heterocycles. The average Bonchev–Trinajstić information content (AvgIpc) is 2.82. The number of amides is 1. The maximum atomic E-state index is 12.4. The van der Waals surface area contributed by atoms with E-state index in [1.165, 1.54) is 26.4 Å². The Balaban J connectivity index is 1.73. The fourth-order valence-electron chi connectivity index (χ4n) is 3.17. The first kappa shape index (κ1) is 23.5. The van der Waals surface area contributed by atoms with Crippen LogP contribution in [0.15, 0.2) is 60.7 Å². The molecule has 0 bridgehead atoms. The standard InChI is InChI=1S/C25H26N2O6/c1-16-7-10-19(11-8-16)27-23(28)15-33-24-18(5-4-6-22(24)32-3)14-26-20-13-17(25(29)30)9-12-21(20)31-2/h4-13,26H,14-15H2,1-3H3,(H,27,28)(H,29,30). The van der Waals surface area contributed by atoms with Gasteiger partial charge >= 0.3 is 5.97 Å². The average molecular weight is 450 g/mol. The number of ether oxygens (including phenoxy) is 3. The normalized spacial score (nSPS) is 10.3. The Morgan fingerprint density at radius 2 is 1.67 bits per heavy atom. The lowest BCUT2D eigenvalue weighted by Crippen LogP contribution is -2.21. The quantitative estimate of drug-likeness (QED) is 0.422. The summed E-state index contributed by atoms with van der Waals surface area (Å²) in [5, 5.41) is 15.2. The van der Waals surface area contributed by atoms with Crippen molar-refractivity contribution in [1.82, 2.24) is 0 Å². The number of carboxylic acids is 1. The number of carbonyl (C=O) groups is 2. The number of benzene rings is 3. The van der Waals surface area contributed by atoms with Crippen LogP contribution in [0.4, 0.5) is 11.4 Å². The lowest BCUT2D eigenvalue weighted by Gasteiger charge is -2.17. The van der Waals surface area contributed by atoms with Crippen molar-refractivity contribution in [1.29, 1.82) is 0 Å². The van der Waals surface area contributed by atoms with Gasteiger partial charge in [-0.05, 0) is 43.3 Å². The van der Waals surface area contributed by atoms with E-state index in [1.807, 2.05) is 37.3 Å². The Morgan fingerprint density at radius 3 is 2.33 bits per heavy atom. The van der Waals surface area contributed by atoms with Crippen molar-refractivity contribution in [3.05, 3.63) is 77.4 Å². The molecule has 172 valence electrons. The van der Waals surface area contributed by atoms with Crippen LogP contribution in [0.5, 0.6) is 17.2 Å². The number of hydrogen-bond donors (Lipinski definition) is 3. The minimum Gasteiger partial charge on any atom is -0.495 e. The molecule has 0 aliphatic carbocycles.